The Balaban J connectivity index is 2.61. The van der Waals surface area contributed by atoms with Crippen LogP contribution in [0, 0.1) is 11.3 Å². The van der Waals surface area contributed by atoms with Gasteiger partial charge in [0.1, 0.15) is 6.29 Å². The van der Waals surface area contributed by atoms with Crippen LogP contribution in [0.3, 0.4) is 0 Å². The SMILES string of the molecule is CC(C)(C)C1CCC/C(=C/C=O)C1. The Bertz CT molecular complexity index is 208. The summed E-state index contributed by atoms with van der Waals surface area (Å²) >= 11 is 0. The smallest absolute Gasteiger partial charge is 0.142 e. The van der Waals surface area contributed by atoms with Gasteiger partial charge in [-0.05, 0) is 43.1 Å². The maximum atomic E-state index is 10.4. The first-order valence-electron chi connectivity index (χ1n) is 5.17. The van der Waals surface area contributed by atoms with Crippen LogP contribution in [-0.4, -0.2) is 6.29 Å². The summed E-state index contributed by atoms with van der Waals surface area (Å²) in [6, 6.07) is 0. The van der Waals surface area contributed by atoms with Gasteiger partial charge in [0.25, 0.3) is 0 Å². The first-order chi connectivity index (χ1) is 6.04. The third-order valence-electron chi connectivity index (χ3n) is 3.09. The minimum absolute atomic E-state index is 0.391. The molecule has 0 radical (unpaired) electrons. The number of aldehydes is 1. The molecule has 0 saturated heterocycles. The average molecular weight is 180 g/mol. The molecule has 0 aromatic heterocycles. The quantitative estimate of drug-likeness (QED) is 0.447. The molecule has 0 aliphatic heterocycles. The summed E-state index contributed by atoms with van der Waals surface area (Å²) in [5.41, 5.74) is 1.74. The zero-order chi connectivity index (χ0) is 9.90. The number of carbonyl (C=O) groups is 1. The number of rotatable bonds is 1. The van der Waals surface area contributed by atoms with Crippen molar-refractivity contribution >= 4 is 6.29 Å². The van der Waals surface area contributed by atoms with Gasteiger partial charge < -0.3 is 0 Å². The van der Waals surface area contributed by atoms with Gasteiger partial charge in [0.2, 0.25) is 0 Å². The van der Waals surface area contributed by atoms with E-state index < -0.39 is 0 Å². The van der Waals surface area contributed by atoms with Crippen LogP contribution >= 0.6 is 0 Å². The Morgan fingerprint density at radius 1 is 1.38 bits per heavy atom. The highest BCUT2D eigenvalue weighted by Crippen LogP contribution is 2.39. The topological polar surface area (TPSA) is 17.1 Å². The Morgan fingerprint density at radius 3 is 2.62 bits per heavy atom. The minimum Gasteiger partial charge on any atom is -0.299 e. The van der Waals surface area contributed by atoms with E-state index >= 15 is 0 Å². The fraction of sp³-hybridized carbons (Fsp3) is 0.750. The van der Waals surface area contributed by atoms with E-state index in [4.69, 9.17) is 0 Å². The van der Waals surface area contributed by atoms with Crippen LogP contribution in [0.5, 0.6) is 0 Å². The molecule has 0 aromatic carbocycles. The van der Waals surface area contributed by atoms with Crippen molar-refractivity contribution in [3.63, 3.8) is 0 Å². The molecule has 1 atom stereocenters. The lowest BCUT2D eigenvalue weighted by Crippen LogP contribution is -2.23. The van der Waals surface area contributed by atoms with E-state index in [0.717, 1.165) is 25.0 Å². The molecule has 1 aliphatic rings. The third kappa shape index (κ3) is 2.98. The molecular formula is C12H20O. The lowest BCUT2D eigenvalue weighted by atomic mass is 9.71. The molecule has 1 nitrogen and oxygen atoms in total. The van der Waals surface area contributed by atoms with E-state index in [0.29, 0.717) is 5.41 Å². The van der Waals surface area contributed by atoms with E-state index in [1.165, 1.54) is 18.4 Å². The molecule has 0 heterocycles. The molecule has 1 saturated carbocycles. The van der Waals surface area contributed by atoms with Gasteiger partial charge in [0.15, 0.2) is 0 Å². The largest absolute Gasteiger partial charge is 0.299 e. The second-order valence-corrected chi connectivity index (χ2v) is 5.12. The molecule has 74 valence electrons. The van der Waals surface area contributed by atoms with Crippen LogP contribution in [0.4, 0.5) is 0 Å². The predicted molar refractivity (Wildman–Crippen MR) is 55.6 cm³/mol. The zero-order valence-corrected chi connectivity index (χ0v) is 8.97. The Kier molecular flexibility index (Phi) is 3.29. The second-order valence-electron chi connectivity index (χ2n) is 5.12. The van der Waals surface area contributed by atoms with Crippen LogP contribution in [0.25, 0.3) is 0 Å². The molecule has 1 rings (SSSR count). The van der Waals surface area contributed by atoms with Gasteiger partial charge in [-0.2, -0.15) is 0 Å². The van der Waals surface area contributed by atoms with Crippen molar-refractivity contribution in [2.24, 2.45) is 11.3 Å². The second kappa shape index (κ2) is 4.08. The molecule has 0 spiro atoms. The van der Waals surface area contributed by atoms with Crippen molar-refractivity contribution in [1.82, 2.24) is 0 Å². The van der Waals surface area contributed by atoms with Gasteiger partial charge in [-0.15, -0.1) is 0 Å². The third-order valence-corrected chi connectivity index (χ3v) is 3.09. The highest BCUT2D eigenvalue weighted by molar-refractivity contribution is 5.66. The fourth-order valence-electron chi connectivity index (χ4n) is 2.08. The molecule has 0 N–H and O–H groups in total. The van der Waals surface area contributed by atoms with Gasteiger partial charge in [0, 0.05) is 0 Å². The standard InChI is InChI=1S/C12H20O/c1-12(2,3)11-6-4-5-10(9-11)7-8-13/h7-8,11H,4-6,9H2,1-3H3/b10-7-. The fourth-order valence-corrected chi connectivity index (χ4v) is 2.08. The minimum atomic E-state index is 0.391. The average Bonchev–Trinajstić information content (AvgIpc) is 2.04. The van der Waals surface area contributed by atoms with Crippen molar-refractivity contribution in [2.75, 3.05) is 0 Å². The molecule has 1 unspecified atom stereocenters. The van der Waals surface area contributed by atoms with E-state index in [-0.39, 0.29) is 0 Å². The van der Waals surface area contributed by atoms with E-state index in [2.05, 4.69) is 20.8 Å². The van der Waals surface area contributed by atoms with Gasteiger partial charge in [-0.25, -0.2) is 0 Å². The molecule has 1 fully saturated rings. The zero-order valence-electron chi connectivity index (χ0n) is 8.97. The summed E-state index contributed by atoms with van der Waals surface area (Å²) in [5.74, 6) is 0.757. The molecule has 0 aromatic rings. The van der Waals surface area contributed by atoms with Crippen molar-refractivity contribution in [2.45, 2.75) is 46.5 Å². The molecule has 0 bridgehead atoms. The van der Waals surface area contributed by atoms with Crippen LogP contribution in [-0.2, 0) is 4.79 Å². The van der Waals surface area contributed by atoms with Crippen LogP contribution in [0.1, 0.15) is 46.5 Å². The van der Waals surface area contributed by atoms with Crippen LogP contribution in [0.15, 0.2) is 11.6 Å². The van der Waals surface area contributed by atoms with Crippen LogP contribution in [0.2, 0.25) is 0 Å². The molecular weight excluding hydrogens is 160 g/mol. The lowest BCUT2D eigenvalue weighted by molar-refractivity contribution is -0.104. The molecule has 0 amide bonds. The normalized spacial score (nSPS) is 27.6. The van der Waals surface area contributed by atoms with Crippen molar-refractivity contribution in [3.8, 4) is 0 Å². The van der Waals surface area contributed by atoms with Crippen molar-refractivity contribution < 1.29 is 4.79 Å². The summed E-state index contributed by atoms with van der Waals surface area (Å²) in [5, 5.41) is 0. The maximum Gasteiger partial charge on any atom is 0.142 e. The van der Waals surface area contributed by atoms with Crippen LogP contribution < -0.4 is 0 Å². The first kappa shape index (κ1) is 10.5. The molecule has 1 heteroatoms. The molecule has 13 heavy (non-hydrogen) atoms. The van der Waals surface area contributed by atoms with E-state index in [9.17, 15) is 4.79 Å². The number of carbonyl (C=O) groups excluding carboxylic acids is 1. The van der Waals surface area contributed by atoms with E-state index in [1.54, 1.807) is 6.08 Å². The highest BCUT2D eigenvalue weighted by Gasteiger charge is 2.27. The Hall–Kier alpha value is -0.590. The summed E-state index contributed by atoms with van der Waals surface area (Å²) in [4.78, 5) is 10.4. The van der Waals surface area contributed by atoms with Gasteiger partial charge >= 0.3 is 0 Å². The number of hydrogen-bond donors (Lipinski definition) is 0. The van der Waals surface area contributed by atoms with Crippen molar-refractivity contribution in [1.29, 1.82) is 0 Å². The lowest BCUT2D eigenvalue weighted by Gasteiger charge is -2.34. The van der Waals surface area contributed by atoms with Crippen molar-refractivity contribution in [3.05, 3.63) is 11.6 Å². The van der Waals surface area contributed by atoms with Gasteiger partial charge in [0.05, 0.1) is 0 Å². The molecule has 1 aliphatic carbocycles. The highest BCUT2D eigenvalue weighted by atomic mass is 16.1. The van der Waals surface area contributed by atoms with Gasteiger partial charge in [-0.3, -0.25) is 4.79 Å². The number of allylic oxidation sites excluding steroid dienone is 2. The first-order valence-corrected chi connectivity index (χ1v) is 5.17. The summed E-state index contributed by atoms with van der Waals surface area (Å²) in [6.07, 6.45) is 7.52. The predicted octanol–water partition coefficient (Wildman–Crippen LogP) is 3.35. The summed E-state index contributed by atoms with van der Waals surface area (Å²) in [7, 11) is 0. The maximum absolute atomic E-state index is 10.4. The van der Waals surface area contributed by atoms with Gasteiger partial charge in [-0.1, -0.05) is 26.3 Å². The number of hydrogen-bond acceptors (Lipinski definition) is 1. The summed E-state index contributed by atoms with van der Waals surface area (Å²) < 4.78 is 0. The summed E-state index contributed by atoms with van der Waals surface area (Å²) in [6.45, 7) is 6.88. The monoisotopic (exact) mass is 180 g/mol. The Labute approximate surface area is 81.2 Å². The van der Waals surface area contributed by atoms with E-state index in [1.807, 2.05) is 0 Å². The Morgan fingerprint density at radius 2 is 2.08 bits per heavy atom.